The number of hydrogen-bond acceptors (Lipinski definition) is 5. The fraction of sp³-hybridized carbons (Fsp3) is 0.280. The minimum Gasteiger partial charge on any atom is -0.503 e. The highest BCUT2D eigenvalue weighted by atomic mass is 16.5. The number of aliphatic hydroxyl groups excluding tert-OH is 1. The maximum atomic E-state index is 13.1. The van der Waals surface area contributed by atoms with Crippen LogP contribution in [0, 0.1) is 0 Å². The lowest BCUT2D eigenvalue weighted by molar-refractivity contribution is -0.129. The summed E-state index contributed by atoms with van der Waals surface area (Å²) >= 11 is 0. The Morgan fingerprint density at radius 2 is 1.65 bits per heavy atom. The quantitative estimate of drug-likeness (QED) is 0.700. The summed E-state index contributed by atoms with van der Waals surface area (Å²) in [5.74, 6) is -1.32. The van der Waals surface area contributed by atoms with Gasteiger partial charge < -0.3 is 14.7 Å². The number of morpholine rings is 1. The molecular weight excluding hydrogens is 392 g/mol. The molecule has 31 heavy (non-hydrogen) atoms. The van der Waals surface area contributed by atoms with Crippen LogP contribution < -0.4 is 0 Å². The van der Waals surface area contributed by atoms with Crippen LogP contribution >= 0.6 is 0 Å². The first kappa shape index (κ1) is 21.0. The van der Waals surface area contributed by atoms with E-state index in [0.717, 1.165) is 24.2 Å². The molecule has 2 aliphatic heterocycles. The number of ether oxygens (including phenoxy) is 1. The normalized spacial score (nSPS) is 20.1. The number of nitrogens with zero attached hydrogens (tertiary/aromatic N) is 2. The molecule has 1 N–H and O–H groups in total. The highest BCUT2D eigenvalue weighted by Crippen LogP contribution is 2.37. The average molecular weight is 418 g/mol. The van der Waals surface area contributed by atoms with E-state index in [2.05, 4.69) is 4.90 Å². The van der Waals surface area contributed by atoms with Gasteiger partial charge >= 0.3 is 0 Å². The van der Waals surface area contributed by atoms with Gasteiger partial charge in [0.15, 0.2) is 11.5 Å². The van der Waals surface area contributed by atoms with Crippen LogP contribution in [0.1, 0.15) is 17.2 Å². The number of amides is 1. The Morgan fingerprint density at radius 3 is 2.32 bits per heavy atom. The number of carbonyl (C=O) groups excluding carboxylic acids is 2. The van der Waals surface area contributed by atoms with E-state index in [4.69, 9.17) is 4.74 Å². The Hall–Kier alpha value is -3.22. The average Bonchev–Trinajstić information content (AvgIpc) is 3.08. The van der Waals surface area contributed by atoms with Crippen LogP contribution in [-0.4, -0.2) is 66.0 Å². The van der Waals surface area contributed by atoms with E-state index < -0.39 is 17.7 Å². The summed E-state index contributed by atoms with van der Waals surface area (Å²) in [5.41, 5.74) is 1.81. The first-order valence-electron chi connectivity index (χ1n) is 10.5. The smallest absolute Gasteiger partial charge is 0.290 e. The molecule has 0 saturated carbocycles. The fourth-order valence-corrected chi connectivity index (χ4v) is 4.02. The van der Waals surface area contributed by atoms with Crippen molar-refractivity contribution in [3.8, 4) is 0 Å². The zero-order valence-corrected chi connectivity index (χ0v) is 17.3. The summed E-state index contributed by atoms with van der Waals surface area (Å²) in [6.45, 7) is 4.04. The molecule has 6 heteroatoms. The number of ketones is 1. The molecule has 0 radical (unpaired) electrons. The van der Waals surface area contributed by atoms with Gasteiger partial charge in [0, 0.05) is 26.2 Å². The van der Waals surface area contributed by atoms with Crippen molar-refractivity contribution < 1.29 is 19.4 Å². The van der Waals surface area contributed by atoms with Crippen molar-refractivity contribution in [2.24, 2.45) is 0 Å². The third-order valence-electron chi connectivity index (χ3n) is 5.67. The Morgan fingerprint density at radius 1 is 1.00 bits per heavy atom. The predicted octanol–water partition coefficient (Wildman–Crippen LogP) is 3.00. The molecule has 2 aromatic rings. The molecule has 1 atom stereocenters. The van der Waals surface area contributed by atoms with Crippen molar-refractivity contribution in [2.45, 2.75) is 6.04 Å². The molecule has 6 nitrogen and oxygen atoms in total. The van der Waals surface area contributed by atoms with Gasteiger partial charge in [0.1, 0.15) is 0 Å². The maximum Gasteiger partial charge on any atom is 0.290 e. The van der Waals surface area contributed by atoms with Gasteiger partial charge in [-0.05, 0) is 17.2 Å². The molecule has 0 bridgehead atoms. The summed E-state index contributed by atoms with van der Waals surface area (Å²) in [6, 6.07) is 18.2. The first-order chi connectivity index (χ1) is 15.1. The van der Waals surface area contributed by atoms with Crippen LogP contribution in [0.5, 0.6) is 0 Å². The second-order valence-electron chi connectivity index (χ2n) is 7.64. The van der Waals surface area contributed by atoms with E-state index in [0.29, 0.717) is 26.3 Å². The highest BCUT2D eigenvalue weighted by Gasteiger charge is 2.42. The predicted molar refractivity (Wildman–Crippen MR) is 118 cm³/mol. The SMILES string of the molecule is O=C(/C=C/c1ccccc1)C1=C(O)C(=O)N(CCN2CCOCC2)C1c1ccccc1. The van der Waals surface area contributed by atoms with Gasteiger partial charge in [-0.15, -0.1) is 0 Å². The van der Waals surface area contributed by atoms with Crippen molar-refractivity contribution in [3.63, 3.8) is 0 Å². The number of allylic oxidation sites excluding steroid dienone is 1. The van der Waals surface area contributed by atoms with E-state index in [-0.39, 0.29) is 11.4 Å². The van der Waals surface area contributed by atoms with E-state index in [1.165, 1.54) is 6.08 Å². The van der Waals surface area contributed by atoms with Crippen molar-refractivity contribution in [1.29, 1.82) is 0 Å². The van der Waals surface area contributed by atoms with Gasteiger partial charge in [-0.3, -0.25) is 14.5 Å². The topological polar surface area (TPSA) is 70.1 Å². The monoisotopic (exact) mass is 418 g/mol. The number of benzene rings is 2. The van der Waals surface area contributed by atoms with Crippen molar-refractivity contribution in [1.82, 2.24) is 9.80 Å². The van der Waals surface area contributed by atoms with Crippen LogP contribution in [0.4, 0.5) is 0 Å². The summed E-state index contributed by atoms with van der Waals surface area (Å²) in [6.07, 6.45) is 3.13. The summed E-state index contributed by atoms with van der Waals surface area (Å²) < 4.78 is 5.39. The molecule has 1 saturated heterocycles. The van der Waals surface area contributed by atoms with Crippen molar-refractivity contribution >= 4 is 17.8 Å². The minimum atomic E-state index is -0.609. The molecule has 0 spiro atoms. The second kappa shape index (κ2) is 9.73. The molecule has 4 rings (SSSR count). The molecular formula is C25H26N2O4. The third-order valence-corrected chi connectivity index (χ3v) is 5.67. The van der Waals surface area contributed by atoms with Gasteiger partial charge in [0.25, 0.3) is 5.91 Å². The van der Waals surface area contributed by atoms with Crippen LogP contribution in [0.15, 0.2) is 78.1 Å². The van der Waals surface area contributed by atoms with Crippen LogP contribution in [0.3, 0.4) is 0 Å². The highest BCUT2D eigenvalue weighted by molar-refractivity contribution is 6.14. The minimum absolute atomic E-state index is 0.130. The third kappa shape index (κ3) is 4.76. The van der Waals surface area contributed by atoms with E-state index in [9.17, 15) is 14.7 Å². The zero-order valence-electron chi connectivity index (χ0n) is 17.3. The van der Waals surface area contributed by atoms with E-state index in [1.54, 1.807) is 11.0 Å². The zero-order chi connectivity index (χ0) is 21.6. The lowest BCUT2D eigenvalue weighted by Gasteiger charge is -2.31. The molecule has 2 heterocycles. The largest absolute Gasteiger partial charge is 0.503 e. The molecule has 0 aromatic heterocycles. The number of aliphatic hydroxyl groups is 1. The second-order valence-corrected chi connectivity index (χ2v) is 7.64. The lowest BCUT2D eigenvalue weighted by atomic mass is 9.95. The summed E-state index contributed by atoms with van der Waals surface area (Å²) in [4.78, 5) is 29.9. The molecule has 2 aromatic carbocycles. The fourth-order valence-electron chi connectivity index (χ4n) is 4.02. The van der Waals surface area contributed by atoms with Crippen molar-refractivity contribution in [3.05, 3.63) is 89.2 Å². The standard InChI is InChI=1S/C25H26N2O4/c28-21(12-11-19-7-3-1-4-8-19)22-23(20-9-5-2-6-10-20)27(25(30)24(22)29)14-13-26-15-17-31-18-16-26/h1-12,23,29H,13-18H2/b12-11+. The molecule has 1 unspecified atom stereocenters. The Balaban J connectivity index is 1.59. The molecule has 160 valence electrons. The van der Waals surface area contributed by atoms with Gasteiger partial charge in [0.2, 0.25) is 0 Å². The number of rotatable bonds is 7. The molecule has 2 aliphatic rings. The van der Waals surface area contributed by atoms with Gasteiger partial charge in [-0.1, -0.05) is 66.7 Å². The number of hydrogen-bond donors (Lipinski definition) is 1. The molecule has 1 amide bonds. The maximum absolute atomic E-state index is 13.1. The number of carbonyl (C=O) groups is 2. The molecule has 1 fully saturated rings. The Bertz CT molecular complexity index is 979. The van der Waals surface area contributed by atoms with Crippen LogP contribution in [0.25, 0.3) is 6.08 Å². The summed E-state index contributed by atoms with van der Waals surface area (Å²) in [7, 11) is 0. The summed E-state index contributed by atoms with van der Waals surface area (Å²) in [5, 5.41) is 10.7. The van der Waals surface area contributed by atoms with Gasteiger partial charge in [0.05, 0.1) is 24.8 Å². The Kier molecular flexibility index (Phi) is 6.60. The first-order valence-corrected chi connectivity index (χ1v) is 10.5. The van der Waals surface area contributed by atoms with Gasteiger partial charge in [-0.25, -0.2) is 0 Å². The lowest BCUT2D eigenvalue weighted by Crippen LogP contribution is -2.43. The van der Waals surface area contributed by atoms with Crippen LogP contribution in [0.2, 0.25) is 0 Å². The van der Waals surface area contributed by atoms with Crippen LogP contribution in [-0.2, 0) is 14.3 Å². The van der Waals surface area contributed by atoms with Crippen molar-refractivity contribution in [2.75, 3.05) is 39.4 Å². The van der Waals surface area contributed by atoms with E-state index in [1.807, 2.05) is 60.7 Å². The van der Waals surface area contributed by atoms with E-state index >= 15 is 0 Å². The Labute approximate surface area is 182 Å². The van der Waals surface area contributed by atoms with Gasteiger partial charge in [-0.2, -0.15) is 0 Å². The molecule has 0 aliphatic carbocycles.